The van der Waals surface area contributed by atoms with Crippen LogP contribution in [-0.4, -0.2) is 33.5 Å². The van der Waals surface area contributed by atoms with Crippen LogP contribution in [0.25, 0.3) is 0 Å². The highest BCUT2D eigenvalue weighted by atomic mass is 16.3. The Kier molecular flexibility index (Phi) is 4.30. The van der Waals surface area contributed by atoms with Crippen molar-refractivity contribution in [2.45, 2.75) is 25.9 Å². The van der Waals surface area contributed by atoms with Crippen LogP contribution >= 0.6 is 0 Å². The summed E-state index contributed by atoms with van der Waals surface area (Å²) in [6.07, 6.45) is 3.83. The molecule has 0 aliphatic heterocycles. The summed E-state index contributed by atoms with van der Waals surface area (Å²) >= 11 is 0. The summed E-state index contributed by atoms with van der Waals surface area (Å²) in [4.78, 5) is 11.9. The number of amides is 1. The standard InChI is InChI=1S/C12H17N5O2/c1-9(7-10-3-2-6-19-10)14-12(18)11-8-17(5-4-13)16-15-11/h2-3,6,8-9H,4-5,7,13H2,1H3,(H,14,18). The quantitative estimate of drug-likeness (QED) is 0.775. The summed E-state index contributed by atoms with van der Waals surface area (Å²) < 4.78 is 6.78. The van der Waals surface area contributed by atoms with E-state index in [1.165, 1.54) is 0 Å². The first-order valence-electron chi connectivity index (χ1n) is 6.12. The summed E-state index contributed by atoms with van der Waals surface area (Å²) in [7, 11) is 0. The van der Waals surface area contributed by atoms with E-state index in [2.05, 4.69) is 15.6 Å². The molecule has 0 spiro atoms. The van der Waals surface area contributed by atoms with E-state index in [4.69, 9.17) is 10.2 Å². The van der Waals surface area contributed by atoms with Crippen molar-refractivity contribution in [3.05, 3.63) is 36.0 Å². The van der Waals surface area contributed by atoms with Gasteiger partial charge in [0, 0.05) is 19.0 Å². The average molecular weight is 263 g/mol. The van der Waals surface area contributed by atoms with Crippen molar-refractivity contribution in [2.75, 3.05) is 6.54 Å². The predicted molar refractivity (Wildman–Crippen MR) is 68.4 cm³/mol. The maximum atomic E-state index is 11.9. The molecule has 19 heavy (non-hydrogen) atoms. The minimum Gasteiger partial charge on any atom is -0.469 e. The van der Waals surface area contributed by atoms with Crippen molar-refractivity contribution in [1.29, 1.82) is 0 Å². The van der Waals surface area contributed by atoms with Gasteiger partial charge in [-0.2, -0.15) is 0 Å². The van der Waals surface area contributed by atoms with Gasteiger partial charge in [0.2, 0.25) is 0 Å². The van der Waals surface area contributed by atoms with Crippen molar-refractivity contribution >= 4 is 5.91 Å². The summed E-state index contributed by atoms with van der Waals surface area (Å²) in [5, 5.41) is 10.5. The summed E-state index contributed by atoms with van der Waals surface area (Å²) in [6.45, 7) is 2.91. The van der Waals surface area contributed by atoms with E-state index < -0.39 is 0 Å². The fourth-order valence-corrected chi connectivity index (χ4v) is 1.72. The third-order valence-corrected chi connectivity index (χ3v) is 2.59. The van der Waals surface area contributed by atoms with E-state index in [0.717, 1.165) is 5.76 Å². The first-order valence-corrected chi connectivity index (χ1v) is 6.12. The largest absolute Gasteiger partial charge is 0.469 e. The zero-order valence-corrected chi connectivity index (χ0v) is 10.7. The number of carbonyl (C=O) groups is 1. The number of nitrogens with zero attached hydrogens (tertiary/aromatic N) is 3. The molecular formula is C12H17N5O2. The number of nitrogens with one attached hydrogen (secondary N) is 1. The maximum absolute atomic E-state index is 11.9. The SMILES string of the molecule is CC(Cc1ccco1)NC(=O)c1cn(CCN)nn1. The van der Waals surface area contributed by atoms with Gasteiger partial charge in [0.15, 0.2) is 5.69 Å². The topological polar surface area (TPSA) is 99.0 Å². The molecule has 0 radical (unpaired) electrons. The van der Waals surface area contributed by atoms with Gasteiger partial charge < -0.3 is 15.5 Å². The highest BCUT2D eigenvalue weighted by Crippen LogP contribution is 2.04. The number of furan rings is 1. The molecule has 0 aliphatic carbocycles. The van der Waals surface area contributed by atoms with Gasteiger partial charge in [-0.05, 0) is 19.1 Å². The molecule has 0 aliphatic rings. The summed E-state index contributed by atoms with van der Waals surface area (Å²) in [5.41, 5.74) is 5.69. The summed E-state index contributed by atoms with van der Waals surface area (Å²) in [6, 6.07) is 3.65. The monoisotopic (exact) mass is 263 g/mol. The van der Waals surface area contributed by atoms with Crippen LogP contribution in [0.3, 0.4) is 0 Å². The Morgan fingerprint density at radius 1 is 1.63 bits per heavy atom. The molecule has 0 fully saturated rings. The Bertz CT molecular complexity index is 520. The summed E-state index contributed by atoms with van der Waals surface area (Å²) in [5.74, 6) is 0.585. The molecule has 2 heterocycles. The van der Waals surface area contributed by atoms with E-state index in [1.54, 1.807) is 17.1 Å². The lowest BCUT2D eigenvalue weighted by molar-refractivity contribution is 0.0934. The number of carbonyl (C=O) groups excluding carboxylic acids is 1. The van der Waals surface area contributed by atoms with Crippen LogP contribution in [0, 0.1) is 0 Å². The van der Waals surface area contributed by atoms with Crippen molar-refractivity contribution in [3.8, 4) is 0 Å². The van der Waals surface area contributed by atoms with Gasteiger partial charge in [0.05, 0.1) is 19.0 Å². The zero-order valence-electron chi connectivity index (χ0n) is 10.7. The van der Waals surface area contributed by atoms with Crippen LogP contribution in [0.5, 0.6) is 0 Å². The van der Waals surface area contributed by atoms with Crippen LogP contribution < -0.4 is 11.1 Å². The van der Waals surface area contributed by atoms with Gasteiger partial charge in [-0.3, -0.25) is 9.48 Å². The molecule has 7 nitrogen and oxygen atoms in total. The highest BCUT2D eigenvalue weighted by Gasteiger charge is 2.14. The van der Waals surface area contributed by atoms with Crippen molar-refractivity contribution in [1.82, 2.24) is 20.3 Å². The number of rotatable bonds is 6. The second-order valence-corrected chi connectivity index (χ2v) is 4.31. The molecule has 2 aromatic rings. The van der Waals surface area contributed by atoms with Gasteiger partial charge in [0.1, 0.15) is 5.76 Å². The van der Waals surface area contributed by atoms with Gasteiger partial charge >= 0.3 is 0 Å². The van der Waals surface area contributed by atoms with Gasteiger partial charge in [-0.15, -0.1) is 5.10 Å². The van der Waals surface area contributed by atoms with Crippen LogP contribution in [-0.2, 0) is 13.0 Å². The Morgan fingerprint density at radius 2 is 2.47 bits per heavy atom. The smallest absolute Gasteiger partial charge is 0.273 e. The number of hydrogen-bond donors (Lipinski definition) is 2. The predicted octanol–water partition coefficient (Wildman–Crippen LogP) is 0.191. The van der Waals surface area contributed by atoms with Crippen LogP contribution in [0.1, 0.15) is 23.2 Å². The Labute approximate surface area is 110 Å². The molecular weight excluding hydrogens is 246 g/mol. The van der Waals surface area contributed by atoms with E-state index in [1.807, 2.05) is 19.1 Å². The first kappa shape index (κ1) is 13.3. The lowest BCUT2D eigenvalue weighted by Crippen LogP contribution is -2.34. The van der Waals surface area contributed by atoms with Gasteiger partial charge in [0.25, 0.3) is 5.91 Å². The molecule has 0 aromatic carbocycles. The average Bonchev–Trinajstić information content (AvgIpc) is 3.00. The Balaban J connectivity index is 1.88. The molecule has 1 unspecified atom stereocenters. The molecule has 2 rings (SSSR count). The minimum atomic E-state index is -0.248. The Hall–Kier alpha value is -2.15. The number of nitrogens with two attached hydrogens (primary N) is 1. The molecule has 3 N–H and O–H groups in total. The fourth-order valence-electron chi connectivity index (χ4n) is 1.72. The van der Waals surface area contributed by atoms with Gasteiger partial charge in [-0.25, -0.2) is 0 Å². The molecule has 1 amide bonds. The van der Waals surface area contributed by atoms with Crippen LogP contribution in [0.4, 0.5) is 0 Å². The third-order valence-electron chi connectivity index (χ3n) is 2.59. The van der Waals surface area contributed by atoms with Crippen LogP contribution in [0.2, 0.25) is 0 Å². The Morgan fingerprint density at radius 3 is 3.16 bits per heavy atom. The molecule has 2 aromatic heterocycles. The normalized spacial score (nSPS) is 12.3. The van der Waals surface area contributed by atoms with Crippen LogP contribution in [0.15, 0.2) is 29.0 Å². The van der Waals surface area contributed by atoms with Crippen molar-refractivity contribution in [3.63, 3.8) is 0 Å². The molecule has 0 saturated heterocycles. The molecule has 1 atom stereocenters. The van der Waals surface area contributed by atoms with E-state index >= 15 is 0 Å². The highest BCUT2D eigenvalue weighted by molar-refractivity contribution is 5.92. The first-order chi connectivity index (χ1) is 9.19. The van der Waals surface area contributed by atoms with E-state index in [0.29, 0.717) is 25.2 Å². The minimum absolute atomic E-state index is 0.0432. The lowest BCUT2D eigenvalue weighted by atomic mass is 10.2. The zero-order chi connectivity index (χ0) is 13.7. The second kappa shape index (κ2) is 6.14. The molecule has 0 saturated carbocycles. The van der Waals surface area contributed by atoms with E-state index in [-0.39, 0.29) is 11.9 Å². The molecule has 7 heteroatoms. The maximum Gasteiger partial charge on any atom is 0.273 e. The second-order valence-electron chi connectivity index (χ2n) is 4.31. The molecule has 102 valence electrons. The number of aromatic nitrogens is 3. The fraction of sp³-hybridized carbons (Fsp3) is 0.417. The van der Waals surface area contributed by atoms with Crippen molar-refractivity contribution in [2.24, 2.45) is 5.73 Å². The van der Waals surface area contributed by atoms with Gasteiger partial charge in [-0.1, -0.05) is 5.21 Å². The third kappa shape index (κ3) is 3.65. The number of hydrogen-bond acceptors (Lipinski definition) is 5. The van der Waals surface area contributed by atoms with E-state index in [9.17, 15) is 4.79 Å². The lowest BCUT2D eigenvalue weighted by Gasteiger charge is -2.10. The molecule has 0 bridgehead atoms. The van der Waals surface area contributed by atoms with Crippen molar-refractivity contribution < 1.29 is 9.21 Å².